The highest BCUT2D eigenvalue weighted by Crippen LogP contribution is 2.35. The minimum absolute atomic E-state index is 0.0236. The first kappa shape index (κ1) is 21.6. The smallest absolute Gasteiger partial charge is 0.216 e. The highest BCUT2D eigenvalue weighted by molar-refractivity contribution is 7.91. The summed E-state index contributed by atoms with van der Waals surface area (Å²) in [6, 6.07) is 19.8. The molecule has 0 fully saturated rings. The van der Waals surface area contributed by atoms with Gasteiger partial charge in [-0.3, -0.25) is 4.79 Å². The molecule has 0 bridgehead atoms. The number of aryl methyl sites for hydroxylation is 1. The number of carbonyl (C=O) groups is 1. The first-order valence-corrected chi connectivity index (χ1v) is 11.0. The average molecular weight is 450 g/mol. The summed E-state index contributed by atoms with van der Waals surface area (Å²) in [6.45, 7) is 1.87. The van der Waals surface area contributed by atoms with Gasteiger partial charge in [0.2, 0.25) is 15.6 Å². The number of aromatic nitrogens is 1. The van der Waals surface area contributed by atoms with Crippen molar-refractivity contribution in [1.82, 2.24) is 5.16 Å². The van der Waals surface area contributed by atoms with Gasteiger partial charge in [0, 0.05) is 23.3 Å². The number of quaternary nitrogens is 1. The van der Waals surface area contributed by atoms with E-state index in [9.17, 15) is 18.4 Å². The molecule has 8 nitrogen and oxygen atoms in total. The molecule has 0 saturated heterocycles. The number of sulfone groups is 1. The molecule has 2 N–H and O–H groups in total. The molecule has 1 aromatic heterocycles. The third-order valence-electron chi connectivity index (χ3n) is 4.89. The summed E-state index contributed by atoms with van der Waals surface area (Å²) < 4.78 is 32.4. The predicted octanol–water partition coefficient (Wildman–Crippen LogP) is 3.12. The van der Waals surface area contributed by atoms with Gasteiger partial charge in [-0.15, -0.1) is 0 Å². The van der Waals surface area contributed by atoms with Gasteiger partial charge in [0.15, 0.2) is 22.0 Å². The maximum absolute atomic E-state index is 13.5. The highest BCUT2D eigenvalue weighted by Gasteiger charge is 2.34. The minimum atomic E-state index is -4.19. The molecule has 0 amide bonds. The van der Waals surface area contributed by atoms with Gasteiger partial charge in [-0.2, -0.15) is 5.23 Å². The number of benzene rings is 3. The highest BCUT2D eigenvalue weighted by atomic mass is 32.2. The molecule has 1 atom stereocenters. The summed E-state index contributed by atoms with van der Waals surface area (Å²) in [5.74, 6) is -0.738. The number of nitrogens with zero attached hydrogens (tertiary/aromatic N) is 1. The van der Waals surface area contributed by atoms with E-state index in [4.69, 9.17) is 9.73 Å². The third kappa shape index (κ3) is 3.97. The normalized spacial score (nSPS) is 12.5. The van der Waals surface area contributed by atoms with Crippen LogP contribution in [0.2, 0.25) is 0 Å². The van der Waals surface area contributed by atoms with Crippen LogP contribution in [0, 0.1) is 12.1 Å². The van der Waals surface area contributed by atoms with Gasteiger partial charge in [0.1, 0.15) is 0 Å². The van der Waals surface area contributed by atoms with E-state index < -0.39 is 20.8 Å². The first-order chi connectivity index (χ1) is 15.3. The SMILES string of the molecule is Cc1ccc(C(=O)c2noc(-c3ccc([NH+]([O-])O)cc3)c2S(=O)(=O)c2ccccc2)cc1. The van der Waals surface area contributed by atoms with Crippen molar-refractivity contribution in [2.24, 2.45) is 0 Å². The van der Waals surface area contributed by atoms with Gasteiger partial charge >= 0.3 is 0 Å². The molecule has 0 radical (unpaired) electrons. The summed E-state index contributed by atoms with van der Waals surface area (Å²) >= 11 is 0. The Morgan fingerprint density at radius 3 is 2.19 bits per heavy atom. The van der Waals surface area contributed by atoms with Crippen LogP contribution >= 0.6 is 0 Å². The second-order valence-electron chi connectivity index (χ2n) is 7.08. The molecule has 1 heterocycles. The zero-order chi connectivity index (χ0) is 22.9. The first-order valence-electron chi connectivity index (χ1n) is 9.54. The molecule has 4 rings (SSSR count). The lowest BCUT2D eigenvalue weighted by atomic mass is 10.1. The number of nitrogens with one attached hydrogen (secondary N) is 1. The lowest BCUT2D eigenvalue weighted by molar-refractivity contribution is -0.991. The number of ketones is 1. The molecule has 0 aliphatic rings. The van der Waals surface area contributed by atoms with Crippen LogP contribution < -0.4 is 5.23 Å². The van der Waals surface area contributed by atoms with Crippen LogP contribution in [0.25, 0.3) is 11.3 Å². The number of hydrogen-bond donors (Lipinski definition) is 2. The Labute approximate surface area is 183 Å². The van der Waals surface area contributed by atoms with Gasteiger partial charge in [0.05, 0.1) is 4.90 Å². The maximum Gasteiger partial charge on any atom is 0.216 e. The van der Waals surface area contributed by atoms with Crippen LogP contribution in [-0.4, -0.2) is 24.6 Å². The molecule has 1 unspecified atom stereocenters. The predicted molar refractivity (Wildman–Crippen MR) is 114 cm³/mol. The number of hydrogen-bond acceptors (Lipinski definition) is 7. The molecule has 4 aromatic rings. The van der Waals surface area contributed by atoms with Crippen LogP contribution in [0.5, 0.6) is 0 Å². The van der Waals surface area contributed by atoms with Gasteiger partial charge in [0.25, 0.3) is 0 Å². The molecular formula is C23H18N2O6S. The summed E-state index contributed by atoms with van der Waals surface area (Å²) in [7, 11) is -4.19. The largest absolute Gasteiger partial charge is 0.595 e. The Morgan fingerprint density at radius 2 is 1.59 bits per heavy atom. The molecule has 32 heavy (non-hydrogen) atoms. The lowest BCUT2D eigenvalue weighted by Crippen LogP contribution is -2.99. The number of carbonyl (C=O) groups excluding carboxylic acids is 1. The van der Waals surface area contributed by atoms with E-state index in [2.05, 4.69) is 5.16 Å². The number of rotatable bonds is 6. The standard InChI is InChI=1S/C23H18N2O6S/c1-15-7-9-16(10-8-15)21(26)20-23(32(29,30)19-5-3-2-4-6-19)22(31-24-20)17-11-13-18(14-12-17)25(27)28/h2-14,25,27H,1H3. The lowest BCUT2D eigenvalue weighted by Gasteiger charge is -2.11. The molecule has 3 aromatic carbocycles. The van der Waals surface area contributed by atoms with E-state index in [1.807, 2.05) is 6.92 Å². The van der Waals surface area contributed by atoms with Crippen molar-refractivity contribution < 1.29 is 28.2 Å². The summed E-state index contributed by atoms with van der Waals surface area (Å²) in [4.78, 5) is 12.8. The van der Waals surface area contributed by atoms with Gasteiger partial charge in [-0.05, 0) is 31.2 Å². The van der Waals surface area contributed by atoms with Gasteiger partial charge in [-0.25, -0.2) is 13.6 Å². The summed E-state index contributed by atoms with van der Waals surface area (Å²) in [5, 5.41) is 23.0. The Hall–Kier alpha value is -3.63. The third-order valence-corrected chi connectivity index (χ3v) is 6.70. The molecular weight excluding hydrogens is 432 g/mol. The van der Waals surface area contributed by atoms with Crippen molar-refractivity contribution in [2.45, 2.75) is 16.7 Å². The van der Waals surface area contributed by atoms with Crippen molar-refractivity contribution in [3.63, 3.8) is 0 Å². The van der Waals surface area contributed by atoms with Crippen molar-refractivity contribution in [2.75, 3.05) is 0 Å². The van der Waals surface area contributed by atoms with E-state index in [1.165, 1.54) is 36.4 Å². The van der Waals surface area contributed by atoms with Crippen molar-refractivity contribution in [3.05, 3.63) is 101 Å². The Bertz CT molecular complexity index is 1360. The van der Waals surface area contributed by atoms with Crippen molar-refractivity contribution in [3.8, 4) is 11.3 Å². The van der Waals surface area contributed by atoms with E-state index in [-0.39, 0.29) is 38.1 Å². The quantitative estimate of drug-likeness (QED) is 0.341. The zero-order valence-corrected chi connectivity index (χ0v) is 17.7. The fraction of sp³-hybridized carbons (Fsp3) is 0.0435. The minimum Gasteiger partial charge on any atom is -0.595 e. The zero-order valence-electron chi connectivity index (χ0n) is 16.8. The molecule has 9 heteroatoms. The van der Waals surface area contributed by atoms with Crippen LogP contribution in [0.4, 0.5) is 5.69 Å². The topological polar surface area (TPSA) is 125 Å². The second-order valence-corrected chi connectivity index (χ2v) is 8.97. The Balaban J connectivity index is 1.92. The second kappa shape index (κ2) is 8.48. The summed E-state index contributed by atoms with van der Waals surface area (Å²) in [5.41, 5.74) is 1.17. The monoisotopic (exact) mass is 450 g/mol. The molecule has 0 aliphatic carbocycles. The van der Waals surface area contributed by atoms with E-state index in [0.29, 0.717) is 0 Å². The Morgan fingerprint density at radius 1 is 0.969 bits per heavy atom. The fourth-order valence-electron chi connectivity index (χ4n) is 3.18. The molecule has 0 saturated carbocycles. The van der Waals surface area contributed by atoms with Gasteiger partial charge in [-0.1, -0.05) is 53.2 Å². The van der Waals surface area contributed by atoms with Crippen molar-refractivity contribution in [1.29, 1.82) is 0 Å². The molecule has 162 valence electrons. The van der Waals surface area contributed by atoms with Crippen LogP contribution in [0.15, 0.2) is 93.2 Å². The van der Waals surface area contributed by atoms with Crippen molar-refractivity contribution >= 4 is 21.3 Å². The van der Waals surface area contributed by atoms with Gasteiger partial charge < -0.3 is 9.73 Å². The van der Waals surface area contributed by atoms with E-state index in [1.54, 1.807) is 42.5 Å². The Kier molecular flexibility index (Phi) is 5.72. The van der Waals surface area contributed by atoms with E-state index in [0.717, 1.165) is 5.56 Å². The average Bonchev–Trinajstić information content (AvgIpc) is 3.26. The van der Waals surface area contributed by atoms with Crippen LogP contribution in [-0.2, 0) is 9.84 Å². The molecule has 0 aliphatic heterocycles. The van der Waals surface area contributed by atoms with Crippen LogP contribution in [0.3, 0.4) is 0 Å². The molecule has 0 spiro atoms. The van der Waals surface area contributed by atoms with E-state index >= 15 is 0 Å². The van der Waals surface area contributed by atoms with Crippen LogP contribution in [0.1, 0.15) is 21.6 Å². The summed E-state index contributed by atoms with van der Waals surface area (Å²) in [6.07, 6.45) is 0. The fourth-order valence-corrected chi connectivity index (χ4v) is 4.72. The maximum atomic E-state index is 13.5.